The van der Waals surface area contributed by atoms with Crippen molar-refractivity contribution in [2.45, 2.75) is 39.7 Å². The molecule has 0 saturated carbocycles. The van der Waals surface area contributed by atoms with Crippen molar-refractivity contribution in [1.82, 2.24) is 15.1 Å². The van der Waals surface area contributed by atoms with Gasteiger partial charge in [0.2, 0.25) is 5.82 Å². The Balaban J connectivity index is 2.33. The minimum atomic E-state index is -0.286. The first-order valence-corrected chi connectivity index (χ1v) is 7.69. The normalized spacial score (nSPS) is 19.0. The molecular formula is C14H25N5O2. The van der Waals surface area contributed by atoms with Gasteiger partial charge in [-0.05, 0) is 45.7 Å². The van der Waals surface area contributed by atoms with Crippen LogP contribution in [0, 0.1) is 23.0 Å². The summed E-state index contributed by atoms with van der Waals surface area (Å²) in [4.78, 5) is 13.3. The number of hydrogen-bond acceptors (Lipinski definition) is 5. The van der Waals surface area contributed by atoms with Gasteiger partial charge in [-0.25, -0.2) is 4.68 Å². The molecule has 1 unspecified atom stereocenters. The fourth-order valence-electron chi connectivity index (χ4n) is 3.17. The van der Waals surface area contributed by atoms with Crippen LogP contribution in [-0.2, 0) is 6.54 Å². The fourth-order valence-corrected chi connectivity index (χ4v) is 3.17. The molecule has 7 heteroatoms. The largest absolute Gasteiger partial charge is 0.351 e. The summed E-state index contributed by atoms with van der Waals surface area (Å²) in [7, 11) is 1.95. The van der Waals surface area contributed by atoms with Crippen molar-refractivity contribution in [2.75, 3.05) is 31.6 Å². The van der Waals surface area contributed by atoms with E-state index >= 15 is 0 Å². The maximum Gasteiger partial charge on any atom is 0.333 e. The highest BCUT2D eigenvalue weighted by Gasteiger charge is 2.32. The number of hydrogen-bond donors (Lipinski definition) is 1. The van der Waals surface area contributed by atoms with Gasteiger partial charge < -0.3 is 10.2 Å². The molecule has 1 atom stereocenters. The number of piperidine rings is 1. The second-order valence-corrected chi connectivity index (χ2v) is 5.75. The number of rotatable bonds is 6. The maximum absolute atomic E-state index is 11.4. The molecule has 7 nitrogen and oxygen atoms in total. The Morgan fingerprint density at radius 2 is 2.29 bits per heavy atom. The Bertz CT molecular complexity index is 498. The van der Waals surface area contributed by atoms with Crippen LogP contribution >= 0.6 is 0 Å². The van der Waals surface area contributed by atoms with Crippen molar-refractivity contribution in [3.05, 3.63) is 15.8 Å². The lowest BCUT2D eigenvalue weighted by molar-refractivity contribution is -0.384. The lowest BCUT2D eigenvalue weighted by atomic mass is 9.98. The van der Waals surface area contributed by atoms with Crippen LogP contribution in [0.3, 0.4) is 0 Å². The quantitative estimate of drug-likeness (QED) is 0.641. The van der Waals surface area contributed by atoms with Gasteiger partial charge in [0.25, 0.3) is 0 Å². The molecule has 0 amide bonds. The zero-order chi connectivity index (χ0) is 15.4. The highest BCUT2D eigenvalue weighted by molar-refractivity contribution is 5.61. The van der Waals surface area contributed by atoms with Gasteiger partial charge in [0, 0.05) is 19.6 Å². The number of aryl methyl sites for hydroxylation is 2. The molecule has 1 aromatic heterocycles. The number of nitrogens with zero attached hydrogens (tertiary/aromatic N) is 4. The van der Waals surface area contributed by atoms with Gasteiger partial charge in [0.15, 0.2) is 0 Å². The molecule has 0 aromatic carbocycles. The SMILES string of the molecule is CCCn1nc(C)c([N+](=O)[O-])c1N1CCCC(CNC)C1. The molecule has 2 heterocycles. The van der Waals surface area contributed by atoms with Crippen LogP contribution in [0.15, 0.2) is 0 Å². The maximum atomic E-state index is 11.4. The summed E-state index contributed by atoms with van der Waals surface area (Å²) in [6.45, 7) is 7.18. The predicted octanol–water partition coefficient (Wildman–Crippen LogP) is 1.95. The van der Waals surface area contributed by atoms with Gasteiger partial charge in [-0.2, -0.15) is 5.10 Å². The van der Waals surface area contributed by atoms with Crippen molar-refractivity contribution in [3.63, 3.8) is 0 Å². The molecular weight excluding hydrogens is 270 g/mol. The average Bonchev–Trinajstić information content (AvgIpc) is 2.76. The molecule has 0 radical (unpaired) electrons. The molecule has 1 fully saturated rings. The van der Waals surface area contributed by atoms with E-state index < -0.39 is 0 Å². The van der Waals surface area contributed by atoms with E-state index in [9.17, 15) is 10.1 Å². The summed E-state index contributed by atoms with van der Waals surface area (Å²) >= 11 is 0. The zero-order valence-electron chi connectivity index (χ0n) is 13.1. The molecule has 0 spiro atoms. The summed E-state index contributed by atoms with van der Waals surface area (Å²) in [5.74, 6) is 1.23. The Kier molecular flexibility index (Phi) is 5.17. The second kappa shape index (κ2) is 6.89. The van der Waals surface area contributed by atoms with E-state index in [1.165, 1.54) is 6.42 Å². The lowest BCUT2D eigenvalue weighted by Crippen LogP contribution is -2.40. The second-order valence-electron chi connectivity index (χ2n) is 5.75. The van der Waals surface area contributed by atoms with E-state index in [2.05, 4.69) is 22.2 Å². The summed E-state index contributed by atoms with van der Waals surface area (Å²) < 4.78 is 1.81. The highest BCUT2D eigenvalue weighted by atomic mass is 16.6. The molecule has 1 aromatic rings. The Labute approximate surface area is 125 Å². The third-order valence-corrected chi connectivity index (χ3v) is 4.00. The third kappa shape index (κ3) is 3.34. The summed E-state index contributed by atoms with van der Waals surface area (Å²) in [6.07, 6.45) is 3.16. The summed E-state index contributed by atoms with van der Waals surface area (Å²) in [6, 6.07) is 0. The van der Waals surface area contributed by atoms with Gasteiger partial charge in [0.05, 0.1) is 4.92 Å². The van der Waals surface area contributed by atoms with Crippen LogP contribution in [0.5, 0.6) is 0 Å². The molecule has 1 saturated heterocycles. The molecule has 1 aliphatic heterocycles. The van der Waals surface area contributed by atoms with Crippen molar-refractivity contribution >= 4 is 11.5 Å². The van der Waals surface area contributed by atoms with Crippen LogP contribution in [0.2, 0.25) is 0 Å². The molecule has 1 N–H and O–H groups in total. The molecule has 2 rings (SSSR count). The molecule has 0 aliphatic carbocycles. The first kappa shape index (κ1) is 15.8. The van der Waals surface area contributed by atoms with E-state index in [1.807, 2.05) is 11.7 Å². The van der Waals surface area contributed by atoms with Crippen LogP contribution in [0.4, 0.5) is 11.5 Å². The van der Waals surface area contributed by atoms with E-state index in [-0.39, 0.29) is 10.6 Å². The lowest BCUT2D eigenvalue weighted by Gasteiger charge is -2.33. The van der Waals surface area contributed by atoms with Crippen LogP contribution in [0.1, 0.15) is 31.9 Å². The topological polar surface area (TPSA) is 76.2 Å². The summed E-state index contributed by atoms with van der Waals surface area (Å²) in [5.41, 5.74) is 0.688. The summed E-state index contributed by atoms with van der Waals surface area (Å²) in [5, 5.41) is 19.0. The standard InChI is InChI=1S/C14H25N5O2/c1-4-7-18-14(13(19(20)21)11(2)16-18)17-8-5-6-12(10-17)9-15-3/h12,15H,4-10H2,1-3H3. The average molecular weight is 295 g/mol. The van der Waals surface area contributed by atoms with Gasteiger partial charge >= 0.3 is 5.69 Å². The van der Waals surface area contributed by atoms with Gasteiger partial charge in [-0.15, -0.1) is 0 Å². The van der Waals surface area contributed by atoms with Crippen molar-refractivity contribution in [1.29, 1.82) is 0 Å². The minimum absolute atomic E-state index is 0.175. The minimum Gasteiger partial charge on any atom is -0.351 e. The Morgan fingerprint density at radius 3 is 2.90 bits per heavy atom. The van der Waals surface area contributed by atoms with Gasteiger partial charge in [-0.3, -0.25) is 10.1 Å². The monoisotopic (exact) mass is 295 g/mol. The molecule has 21 heavy (non-hydrogen) atoms. The predicted molar refractivity (Wildman–Crippen MR) is 82.8 cm³/mol. The van der Waals surface area contributed by atoms with Crippen LogP contribution in [-0.4, -0.2) is 41.4 Å². The van der Waals surface area contributed by atoms with Gasteiger partial charge in [-0.1, -0.05) is 6.92 Å². The van der Waals surface area contributed by atoms with Crippen LogP contribution in [0.25, 0.3) is 0 Å². The first-order valence-electron chi connectivity index (χ1n) is 7.69. The Morgan fingerprint density at radius 1 is 1.52 bits per heavy atom. The van der Waals surface area contributed by atoms with Crippen molar-refractivity contribution in [2.24, 2.45) is 5.92 Å². The van der Waals surface area contributed by atoms with E-state index in [4.69, 9.17) is 0 Å². The molecule has 118 valence electrons. The smallest absolute Gasteiger partial charge is 0.333 e. The number of nitro groups is 1. The number of nitrogens with one attached hydrogen (secondary N) is 1. The third-order valence-electron chi connectivity index (χ3n) is 4.00. The molecule has 1 aliphatic rings. The Hall–Kier alpha value is -1.63. The molecule has 0 bridgehead atoms. The van der Waals surface area contributed by atoms with Crippen LogP contribution < -0.4 is 10.2 Å². The van der Waals surface area contributed by atoms with E-state index in [0.717, 1.165) is 39.0 Å². The highest BCUT2D eigenvalue weighted by Crippen LogP contribution is 2.34. The fraction of sp³-hybridized carbons (Fsp3) is 0.786. The zero-order valence-corrected chi connectivity index (χ0v) is 13.1. The van der Waals surface area contributed by atoms with E-state index in [0.29, 0.717) is 17.4 Å². The van der Waals surface area contributed by atoms with Gasteiger partial charge in [0.1, 0.15) is 5.69 Å². The van der Waals surface area contributed by atoms with Crippen molar-refractivity contribution < 1.29 is 4.92 Å². The van der Waals surface area contributed by atoms with E-state index in [1.54, 1.807) is 6.92 Å². The van der Waals surface area contributed by atoms with Crippen molar-refractivity contribution in [3.8, 4) is 0 Å². The number of anilines is 1. The first-order chi connectivity index (χ1) is 10.1. The number of aromatic nitrogens is 2.